The van der Waals surface area contributed by atoms with Gasteiger partial charge in [0.2, 0.25) is 0 Å². The van der Waals surface area contributed by atoms with E-state index in [1.165, 1.54) is 19.3 Å². The predicted molar refractivity (Wildman–Crippen MR) is 54.4 cm³/mol. The third-order valence-corrected chi connectivity index (χ3v) is 4.06. The quantitative estimate of drug-likeness (QED) is 0.648. The van der Waals surface area contributed by atoms with Crippen LogP contribution in [0.3, 0.4) is 0 Å². The molecule has 2 aliphatic rings. The Morgan fingerprint density at radius 1 is 1.54 bits per heavy atom. The van der Waals surface area contributed by atoms with Crippen molar-refractivity contribution in [3.63, 3.8) is 0 Å². The van der Waals surface area contributed by atoms with Crippen molar-refractivity contribution in [2.75, 3.05) is 0 Å². The minimum atomic E-state index is -0.0339. The van der Waals surface area contributed by atoms with E-state index in [0.717, 1.165) is 18.3 Å². The van der Waals surface area contributed by atoms with Crippen LogP contribution < -0.4 is 0 Å². The average Bonchev–Trinajstić information content (AvgIpc) is 2.74. The van der Waals surface area contributed by atoms with Crippen molar-refractivity contribution in [2.45, 2.75) is 45.6 Å². The zero-order valence-electron chi connectivity index (χ0n) is 8.66. The zero-order valence-corrected chi connectivity index (χ0v) is 8.66. The lowest BCUT2D eigenvalue weighted by Crippen LogP contribution is -2.25. The number of hydrogen-bond donors (Lipinski definition) is 1. The third kappa shape index (κ3) is 1.43. The van der Waals surface area contributed by atoms with Crippen molar-refractivity contribution >= 4 is 0 Å². The van der Waals surface area contributed by atoms with Gasteiger partial charge in [-0.05, 0) is 50.4 Å². The molecule has 0 aromatic rings. The standard InChI is InChI=1S/C12H20O/c1-3-8-5-10-6-9(8)7-11(10)12(13)4-2/h3,9-13H,4-7H2,1-2H3. The Kier molecular flexibility index (Phi) is 2.46. The molecule has 1 nitrogen and oxygen atoms in total. The van der Waals surface area contributed by atoms with Crippen LogP contribution >= 0.6 is 0 Å². The van der Waals surface area contributed by atoms with E-state index in [4.69, 9.17) is 0 Å². The first-order chi connectivity index (χ1) is 6.26. The zero-order chi connectivity index (χ0) is 9.42. The Morgan fingerprint density at radius 2 is 2.31 bits per heavy atom. The molecule has 1 heteroatoms. The summed E-state index contributed by atoms with van der Waals surface area (Å²) in [5.74, 6) is 2.23. The summed E-state index contributed by atoms with van der Waals surface area (Å²) in [4.78, 5) is 0. The van der Waals surface area contributed by atoms with Crippen molar-refractivity contribution < 1.29 is 5.11 Å². The molecule has 0 aromatic carbocycles. The summed E-state index contributed by atoms with van der Waals surface area (Å²) in [5, 5.41) is 9.82. The van der Waals surface area contributed by atoms with Crippen molar-refractivity contribution in [3.05, 3.63) is 11.6 Å². The van der Waals surface area contributed by atoms with E-state index >= 15 is 0 Å². The number of aliphatic hydroxyl groups is 1. The van der Waals surface area contributed by atoms with Crippen LogP contribution in [0, 0.1) is 17.8 Å². The van der Waals surface area contributed by atoms with Gasteiger partial charge in [0.25, 0.3) is 0 Å². The van der Waals surface area contributed by atoms with Gasteiger partial charge in [-0.2, -0.15) is 0 Å². The van der Waals surface area contributed by atoms with Gasteiger partial charge in [-0.15, -0.1) is 0 Å². The fourth-order valence-corrected chi connectivity index (χ4v) is 3.29. The van der Waals surface area contributed by atoms with Gasteiger partial charge in [-0.25, -0.2) is 0 Å². The molecule has 0 aliphatic heterocycles. The number of rotatable bonds is 2. The van der Waals surface area contributed by atoms with Gasteiger partial charge in [0, 0.05) is 0 Å². The van der Waals surface area contributed by atoms with Gasteiger partial charge in [-0.3, -0.25) is 0 Å². The lowest BCUT2D eigenvalue weighted by atomic mass is 9.81. The summed E-state index contributed by atoms with van der Waals surface area (Å²) in [7, 11) is 0. The molecule has 74 valence electrons. The maximum atomic E-state index is 9.82. The van der Waals surface area contributed by atoms with Crippen LogP contribution in [0.2, 0.25) is 0 Å². The molecular weight excluding hydrogens is 160 g/mol. The molecule has 2 aliphatic carbocycles. The van der Waals surface area contributed by atoms with Gasteiger partial charge in [-0.1, -0.05) is 18.6 Å². The highest BCUT2D eigenvalue weighted by atomic mass is 16.3. The molecule has 2 saturated carbocycles. The van der Waals surface area contributed by atoms with E-state index in [0.29, 0.717) is 5.92 Å². The molecule has 0 heterocycles. The second-order valence-electron chi connectivity index (χ2n) is 4.64. The van der Waals surface area contributed by atoms with Gasteiger partial charge < -0.3 is 5.11 Å². The van der Waals surface area contributed by atoms with Crippen LogP contribution in [0.25, 0.3) is 0 Å². The third-order valence-electron chi connectivity index (χ3n) is 4.06. The maximum absolute atomic E-state index is 9.82. The Morgan fingerprint density at radius 3 is 2.77 bits per heavy atom. The molecule has 0 saturated heterocycles. The van der Waals surface area contributed by atoms with Crippen LogP contribution in [0.15, 0.2) is 11.6 Å². The normalized spacial score (nSPS) is 43.0. The SMILES string of the molecule is CC=C1CC2CC1CC2C(O)CC. The first kappa shape index (κ1) is 9.26. The van der Waals surface area contributed by atoms with E-state index < -0.39 is 0 Å². The van der Waals surface area contributed by atoms with E-state index in [2.05, 4.69) is 19.9 Å². The van der Waals surface area contributed by atoms with Gasteiger partial charge in [0.1, 0.15) is 0 Å². The van der Waals surface area contributed by atoms with Crippen molar-refractivity contribution in [2.24, 2.45) is 17.8 Å². The molecule has 2 fully saturated rings. The summed E-state index contributed by atoms with van der Waals surface area (Å²) >= 11 is 0. The van der Waals surface area contributed by atoms with E-state index in [1.807, 2.05) is 0 Å². The highest BCUT2D eigenvalue weighted by Crippen LogP contribution is 2.52. The van der Waals surface area contributed by atoms with E-state index in [1.54, 1.807) is 5.57 Å². The van der Waals surface area contributed by atoms with Crippen LogP contribution in [0.5, 0.6) is 0 Å². The molecule has 4 unspecified atom stereocenters. The van der Waals surface area contributed by atoms with E-state index in [-0.39, 0.29) is 6.10 Å². The largest absolute Gasteiger partial charge is 0.393 e. The molecule has 4 atom stereocenters. The summed E-state index contributed by atoms with van der Waals surface area (Å²) in [5.41, 5.74) is 1.66. The molecule has 0 aromatic heterocycles. The predicted octanol–water partition coefficient (Wildman–Crippen LogP) is 2.75. The fourth-order valence-electron chi connectivity index (χ4n) is 3.29. The molecule has 2 rings (SSSR count). The van der Waals surface area contributed by atoms with Crippen LogP contribution in [-0.4, -0.2) is 11.2 Å². The lowest BCUT2D eigenvalue weighted by Gasteiger charge is -2.27. The van der Waals surface area contributed by atoms with Crippen LogP contribution in [0.1, 0.15) is 39.5 Å². The first-order valence-corrected chi connectivity index (χ1v) is 5.59. The van der Waals surface area contributed by atoms with Crippen molar-refractivity contribution in [1.29, 1.82) is 0 Å². The topological polar surface area (TPSA) is 20.2 Å². The highest BCUT2D eigenvalue weighted by molar-refractivity contribution is 5.18. The number of aliphatic hydroxyl groups excluding tert-OH is 1. The molecular formula is C12H20O. The van der Waals surface area contributed by atoms with Gasteiger partial charge in [0.15, 0.2) is 0 Å². The Labute approximate surface area is 80.8 Å². The number of hydrogen-bond acceptors (Lipinski definition) is 1. The smallest absolute Gasteiger partial charge is 0.0568 e. The second kappa shape index (κ2) is 3.45. The molecule has 2 bridgehead atoms. The van der Waals surface area contributed by atoms with Crippen LogP contribution in [-0.2, 0) is 0 Å². The van der Waals surface area contributed by atoms with Crippen LogP contribution in [0.4, 0.5) is 0 Å². The van der Waals surface area contributed by atoms with Gasteiger partial charge >= 0.3 is 0 Å². The lowest BCUT2D eigenvalue weighted by molar-refractivity contribution is 0.0774. The maximum Gasteiger partial charge on any atom is 0.0568 e. The first-order valence-electron chi connectivity index (χ1n) is 5.59. The Balaban J connectivity index is 2.03. The van der Waals surface area contributed by atoms with Gasteiger partial charge in [0.05, 0.1) is 6.10 Å². The van der Waals surface area contributed by atoms with E-state index in [9.17, 15) is 5.11 Å². The molecule has 0 amide bonds. The molecule has 0 spiro atoms. The average molecular weight is 180 g/mol. The fraction of sp³-hybridized carbons (Fsp3) is 0.833. The number of fused-ring (bicyclic) bond motifs is 2. The Bertz CT molecular complexity index is 219. The summed E-state index contributed by atoms with van der Waals surface area (Å²) in [6.45, 7) is 4.24. The monoisotopic (exact) mass is 180 g/mol. The molecule has 0 radical (unpaired) electrons. The summed E-state index contributed by atoms with van der Waals surface area (Å²) in [6.07, 6.45) is 7.05. The molecule has 1 N–H and O–H groups in total. The second-order valence-corrected chi connectivity index (χ2v) is 4.64. The number of allylic oxidation sites excluding steroid dienone is 2. The summed E-state index contributed by atoms with van der Waals surface area (Å²) in [6, 6.07) is 0. The van der Waals surface area contributed by atoms with Crippen molar-refractivity contribution in [1.82, 2.24) is 0 Å². The highest BCUT2D eigenvalue weighted by Gasteiger charge is 2.44. The minimum absolute atomic E-state index is 0.0339. The Hall–Kier alpha value is -0.300. The van der Waals surface area contributed by atoms with Crippen molar-refractivity contribution in [3.8, 4) is 0 Å². The minimum Gasteiger partial charge on any atom is -0.393 e. The summed E-state index contributed by atoms with van der Waals surface area (Å²) < 4.78 is 0. The molecule has 13 heavy (non-hydrogen) atoms.